The van der Waals surface area contributed by atoms with Crippen LogP contribution in [0.2, 0.25) is 5.02 Å². The Hall–Kier alpha value is -4.78. The SMILES string of the molecule is COC(=O)Nc1ccc2c(c1)NC(=O)CCCCC(c1ccc(-c3cc(Cl)ccc3OC(F)(F)F)c[n+]1[O-])c1ncc-2[nH]1. The Morgan fingerprint density at radius 1 is 1.14 bits per heavy atom. The highest BCUT2D eigenvalue weighted by Gasteiger charge is 2.33. The molecule has 0 aliphatic carbocycles. The van der Waals surface area contributed by atoms with Crippen molar-refractivity contribution in [2.24, 2.45) is 0 Å². The highest BCUT2D eigenvalue weighted by atomic mass is 35.5. The molecule has 4 aromatic rings. The Labute approximate surface area is 248 Å². The molecule has 2 bridgehead atoms. The number of anilines is 2. The molecule has 2 aromatic carbocycles. The van der Waals surface area contributed by atoms with Crippen LogP contribution >= 0.6 is 11.6 Å². The summed E-state index contributed by atoms with van der Waals surface area (Å²) in [6.45, 7) is 0. The van der Waals surface area contributed by atoms with E-state index in [2.05, 4.69) is 30.1 Å². The van der Waals surface area contributed by atoms with Crippen molar-refractivity contribution in [3.8, 4) is 28.1 Å². The maximum Gasteiger partial charge on any atom is 0.573 e. The number of halogens is 4. The summed E-state index contributed by atoms with van der Waals surface area (Å²) in [6, 6.07) is 11.7. The number of methoxy groups -OCH3 is 1. The van der Waals surface area contributed by atoms with Crippen LogP contribution < -0.4 is 20.1 Å². The lowest BCUT2D eigenvalue weighted by Gasteiger charge is -2.18. The summed E-state index contributed by atoms with van der Waals surface area (Å²) in [5.74, 6) is -0.745. The maximum atomic E-state index is 13.4. The third kappa shape index (κ3) is 7.00. The minimum absolute atomic E-state index is 0.00336. The number of imidazole rings is 1. The first kappa shape index (κ1) is 29.7. The van der Waals surface area contributed by atoms with Gasteiger partial charge in [0.15, 0.2) is 6.20 Å². The number of pyridine rings is 1. The molecule has 3 heterocycles. The zero-order chi connectivity index (χ0) is 30.7. The Bertz CT molecular complexity index is 1680. The molecule has 2 aromatic heterocycles. The summed E-state index contributed by atoms with van der Waals surface area (Å²) >= 11 is 6.04. The number of fused-ring (bicyclic) bond motifs is 4. The predicted octanol–water partition coefficient (Wildman–Crippen LogP) is 6.75. The Balaban J connectivity index is 1.51. The summed E-state index contributed by atoms with van der Waals surface area (Å²) < 4.78 is 48.4. The molecule has 0 saturated heterocycles. The number of benzene rings is 2. The van der Waals surface area contributed by atoms with Crippen LogP contribution in [0.1, 0.15) is 43.1 Å². The molecule has 1 aliphatic heterocycles. The van der Waals surface area contributed by atoms with Crippen molar-refractivity contribution in [3.63, 3.8) is 0 Å². The number of amides is 2. The van der Waals surface area contributed by atoms with Crippen LogP contribution in [0.25, 0.3) is 22.4 Å². The lowest BCUT2D eigenvalue weighted by atomic mass is 9.95. The fraction of sp³-hybridized carbons (Fsp3) is 0.241. The zero-order valence-corrected chi connectivity index (χ0v) is 23.4. The second kappa shape index (κ2) is 12.2. The van der Waals surface area contributed by atoms with Crippen LogP contribution in [0.5, 0.6) is 5.75 Å². The molecule has 224 valence electrons. The van der Waals surface area contributed by atoms with Crippen LogP contribution in [0.3, 0.4) is 0 Å². The van der Waals surface area contributed by atoms with Gasteiger partial charge in [0.05, 0.1) is 30.3 Å². The van der Waals surface area contributed by atoms with E-state index in [1.165, 1.54) is 37.6 Å². The van der Waals surface area contributed by atoms with Gasteiger partial charge in [0, 0.05) is 34.3 Å². The minimum Gasteiger partial charge on any atom is -0.618 e. The van der Waals surface area contributed by atoms with Gasteiger partial charge in [0.25, 0.3) is 0 Å². The number of aromatic amines is 1. The van der Waals surface area contributed by atoms with E-state index in [1.807, 2.05) is 0 Å². The third-order valence-corrected chi connectivity index (χ3v) is 7.10. The van der Waals surface area contributed by atoms with Crippen LogP contribution in [0.15, 0.2) is 60.9 Å². The summed E-state index contributed by atoms with van der Waals surface area (Å²) in [5, 5.41) is 19.0. The summed E-state index contributed by atoms with van der Waals surface area (Å²) in [6.07, 6.45) is -1.08. The predicted molar refractivity (Wildman–Crippen MR) is 152 cm³/mol. The van der Waals surface area contributed by atoms with Crippen molar-refractivity contribution in [3.05, 3.63) is 82.7 Å². The molecular weight excluding hydrogens is 591 g/mol. The van der Waals surface area contributed by atoms with Gasteiger partial charge in [-0.15, -0.1) is 13.2 Å². The Morgan fingerprint density at radius 2 is 1.95 bits per heavy atom. The molecule has 10 nitrogen and oxygen atoms in total. The van der Waals surface area contributed by atoms with Crippen LogP contribution in [-0.2, 0) is 9.53 Å². The quantitative estimate of drug-likeness (QED) is 0.172. The number of hydrogen-bond donors (Lipinski definition) is 3. The largest absolute Gasteiger partial charge is 0.618 e. The first-order valence-corrected chi connectivity index (χ1v) is 13.5. The fourth-order valence-electron chi connectivity index (χ4n) is 4.91. The average molecular weight is 616 g/mol. The Morgan fingerprint density at radius 3 is 2.70 bits per heavy atom. The first-order chi connectivity index (χ1) is 20.5. The van der Waals surface area contributed by atoms with E-state index in [9.17, 15) is 28.0 Å². The highest BCUT2D eigenvalue weighted by Crippen LogP contribution is 2.37. The molecular formula is C29H25ClF3N5O5. The molecule has 0 fully saturated rings. The molecule has 0 radical (unpaired) electrons. The maximum absolute atomic E-state index is 13.4. The molecule has 43 heavy (non-hydrogen) atoms. The van der Waals surface area contributed by atoms with Gasteiger partial charge in [-0.1, -0.05) is 18.0 Å². The second-order valence-corrected chi connectivity index (χ2v) is 10.2. The van der Waals surface area contributed by atoms with Crippen molar-refractivity contribution in [1.29, 1.82) is 0 Å². The normalized spacial score (nSPS) is 15.4. The van der Waals surface area contributed by atoms with Crippen LogP contribution in [0.4, 0.5) is 29.3 Å². The van der Waals surface area contributed by atoms with E-state index >= 15 is 0 Å². The van der Waals surface area contributed by atoms with Crippen molar-refractivity contribution in [2.45, 2.75) is 38.0 Å². The fourth-order valence-corrected chi connectivity index (χ4v) is 5.09. The topological polar surface area (TPSA) is 132 Å². The average Bonchev–Trinajstić information content (AvgIpc) is 3.43. The van der Waals surface area contributed by atoms with Crippen molar-refractivity contribution in [2.75, 3.05) is 17.7 Å². The van der Waals surface area contributed by atoms with Gasteiger partial charge in [-0.3, -0.25) is 10.1 Å². The van der Waals surface area contributed by atoms with Gasteiger partial charge >= 0.3 is 12.5 Å². The highest BCUT2D eigenvalue weighted by molar-refractivity contribution is 6.31. The number of ether oxygens (including phenoxy) is 2. The summed E-state index contributed by atoms with van der Waals surface area (Å²) in [4.78, 5) is 32.2. The van der Waals surface area contributed by atoms with Gasteiger partial charge in [-0.2, -0.15) is 4.73 Å². The molecule has 0 spiro atoms. The second-order valence-electron chi connectivity index (χ2n) is 9.76. The number of rotatable bonds is 4. The molecule has 14 heteroatoms. The van der Waals surface area contributed by atoms with Crippen LogP contribution in [-0.4, -0.2) is 35.4 Å². The summed E-state index contributed by atoms with van der Waals surface area (Å²) in [5.41, 5.74) is 2.50. The lowest BCUT2D eigenvalue weighted by Crippen LogP contribution is -2.34. The standard InChI is InChI=1S/C29H25ClF3N5O5/c1-42-28(40)35-18-8-9-19-22(13-18)36-26(39)5-3-2-4-20(27-34-14-23(19)37-27)24-10-6-16(15-38(24)41)21-12-17(30)7-11-25(21)43-29(31,32)33/h6-15,20H,2-5H2,1H3,(H,34,37)(H,35,40)(H,36,39). The number of nitrogens with one attached hydrogen (secondary N) is 3. The van der Waals surface area contributed by atoms with Gasteiger partial charge in [0.1, 0.15) is 17.5 Å². The lowest BCUT2D eigenvalue weighted by molar-refractivity contribution is -0.614. The van der Waals surface area contributed by atoms with Crippen molar-refractivity contribution in [1.82, 2.24) is 9.97 Å². The number of carbonyl (C=O) groups is 2. The van der Waals surface area contributed by atoms with E-state index < -0.39 is 24.1 Å². The van der Waals surface area contributed by atoms with E-state index in [0.717, 1.165) is 6.07 Å². The molecule has 5 rings (SSSR count). The number of aromatic nitrogens is 3. The molecule has 0 saturated carbocycles. The monoisotopic (exact) mass is 615 g/mol. The first-order valence-electron chi connectivity index (χ1n) is 13.1. The minimum atomic E-state index is -4.93. The van der Waals surface area contributed by atoms with Gasteiger partial charge in [-0.25, -0.2) is 9.78 Å². The third-order valence-electron chi connectivity index (χ3n) is 6.87. The van der Waals surface area contributed by atoms with E-state index in [-0.39, 0.29) is 28.5 Å². The van der Waals surface area contributed by atoms with Gasteiger partial charge in [0.2, 0.25) is 11.6 Å². The number of alkyl halides is 3. The number of hydrogen-bond acceptors (Lipinski definition) is 6. The number of carbonyl (C=O) groups excluding carboxylic acids is 2. The zero-order valence-electron chi connectivity index (χ0n) is 22.6. The number of nitrogens with zero attached hydrogens (tertiary/aromatic N) is 2. The molecule has 1 unspecified atom stereocenters. The van der Waals surface area contributed by atoms with E-state index in [1.54, 1.807) is 24.4 Å². The molecule has 1 atom stereocenters. The smallest absolute Gasteiger partial charge is 0.573 e. The van der Waals surface area contributed by atoms with Crippen LogP contribution in [0, 0.1) is 5.21 Å². The summed E-state index contributed by atoms with van der Waals surface area (Å²) in [7, 11) is 1.24. The molecule has 1 aliphatic rings. The van der Waals surface area contributed by atoms with Crippen molar-refractivity contribution >= 4 is 35.0 Å². The van der Waals surface area contributed by atoms with E-state index in [4.69, 9.17) is 11.6 Å². The van der Waals surface area contributed by atoms with Gasteiger partial charge in [-0.05, 0) is 55.3 Å². The molecule has 2 amide bonds. The van der Waals surface area contributed by atoms with E-state index in [0.29, 0.717) is 58.1 Å². The van der Waals surface area contributed by atoms with Crippen molar-refractivity contribution < 1.29 is 37.0 Å². The number of H-pyrrole nitrogens is 1. The Kier molecular flexibility index (Phi) is 8.44. The van der Waals surface area contributed by atoms with Gasteiger partial charge < -0.3 is 25.0 Å². The molecule has 3 N–H and O–H groups in total.